The average Bonchev–Trinajstić information content (AvgIpc) is 3.36. The number of rotatable bonds is 4. The van der Waals surface area contributed by atoms with Gasteiger partial charge in [-0.1, -0.05) is 48.0 Å². The van der Waals surface area contributed by atoms with Crippen LogP contribution < -0.4 is 5.32 Å². The maximum atomic E-state index is 13.2. The molecule has 0 radical (unpaired) electrons. The molecule has 2 nitrogen and oxygen atoms in total. The molecular weight excluding hydrogens is 327 g/mol. The smallest absolute Gasteiger partial charge is 0.349 e. The van der Waals surface area contributed by atoms with E-state index in [1.54, 1.807) is 13.0 Å². The van der Waals surface area contributed by atoms with Gasteiger partial charge in [0.2, 0.25) is 5.91 Å². The Morgan fingerprint density at radius 3 is 2.40 bits per heavy atom. The second kappa shape index (κ2) is 6.21. The molecule has 0 aliphatic heterocycles. The van der Waals surface area contributed by atoms with E-state index < -0.39 is 23.2 Å². The third-order valence-corrected chi connectivity index (χ3v) is 4.84. The average molecular weight is 347 g/mol. The Hall–Kier alpha value is -2.30. The number of alkyl halides is 3. The molecule has 0 spiro atoms. The molecule has 0 bridgehead atoms. The summed E-state index contributed by atoms with van der Waals surface area (Å²) in [5.74, 6) is -0.206. The van der Waals surface area contributed by atoms with Crippen LogP contribution in [0.2, 0.25) is 0 Å². The van der Waals surface area contributed by atoms with Gasteiger partial charge in [-0.15, -0.1) is 0 Å². The molecule has 1 fully saturated rings. The number of benzene rings is 2. The SMILES string of the molecule is Cc1cccc(C2(C(=O)N[C@H](C)c3ccccc3C(F)(F)F)CC2)c1. The highest BCUT2D eigenvalue weighted by atomic mass is 19.4. The molecule has 3 rings (SSSR count). The molecule has 1 N–H and O–H groups in total. The van der Waals surface area contributed by atoms with E-state index in [4.69, 9.17) is 0 Å². The maximum Gasteiger partial charge on any atom is 0.416 e. The Bertz CT molecular complexity index is 794. The van der Waals surface area contributed by atoms with Gasteiger partial charge in [0.15, 0.2) is 0 Å². The highest BCUT2D eigenvalue weighted by molar-refractivity contribution is 5.91. The van der Waals surface area contributed by atoms with Crippen molar-refractivity contribution in [2.24, 2.45) is 0 Å². The van der Waals surface area contributed by atoms with Crippen molar-refractivity contribution >= 4 is 5.91 Å². The van der Waals surface area contributed by atoms with Gasteiger partial charge in [0, 0.05) is 0 Å². The Labute approximate surface area is 145 Å². The predicted octanol–water partition coefficient (Wildman–Crippen LogP) is 4.92. The minimum atomic E-state index is -4.44. The van der Waals surface area contributed by atoms with E-state index in [2.05, 4.69) is 5.32 Å². The Balaban J connectivity index is 1.83. The molecular formula is C20H20F3NO. The van der Waals surface area contributed by atoms with Crippen molar-refractivity contribution < 1.29 is 18.0 Å². The van der Waals surface area contributed by atoms with Crippen LogP contribution in [-0.4, -0.2) is 5.91 Å². The molecule has 0 aromatic heterocycles. The van der Waals surface area contributed by atoms with Crippen LogP contribution in [0.1, 0.15) is 48.1 Å². The summed E-state index contributed by atoms with van der Waals surface area (Å²) < 4.78 is 39.6. The van der Waals surface area contributed by atoms with Gasteiger partial charge in [0.25, 0.3) is 0 Å². The van der Waals surface area contributed by atoms with Gasteiger partial charge < -0.3 is 5.32 Å². The second-order valence-electron chi connectivity index (χ2n) is 6.73. The van der Waals surface area contributed by atoms with Crippen molar-refractivity contribution in [3.63, 3.8) is 0 Å². The van der Waals surface area contributed by atoms with Crippen molar-refractivity contribution in [1.29, 1.82) is 0 Å². The zero-order valence-corrected chi connectivity index (χ0v) is 14.2. The number of hydrogen-bond acceptors (Lipinski definition) is 1. The number of halogens is 3. The largest absolute Gasteiger partial charge is 0.416 e. The molecule has 0 heterocycles. The first-order valence-electron chi connectivity index (χ1n) is 8.28. The van der Waals surface area contributed by atoms with Crippen LogP contribution in [0, 0.1) is 6.92 Å². The van der Waals surface area contributed by atoms with Gasteiger partial charge >= 0.3 is 6.18 Å². The maximum absolute atomic E-state index is 13.2. The fourth-order valence-corrected chi connectivity index (χ4v) is 3.26. The molecule has 25 heavy (non-hydrogen) atoms. The molecule has 0 saturated heterocycles. The van der Waals surface area contributed by atoms with Crippen LogP contribution in [0.4, 0.5) is 13.2 Å². The third kappa shape index (κ3) is 3.41. The Morgan fingerprint density at radius 2 is 1.80 bits per heavy atom. The highest BCUT2D eigenvalue weighted by Gasteiger charge is 2.51. The lowest BCUT2D eigenvalue weighted by Gasteiger charge is -2.23. The summed E-state index contributed by atoms with van der Waals surface area (Å²) in [6.07, 6.45) is -3.00. The van der Waals surface area contributed by atoms with Gasteiger partial charge in [-0.05, 0) is 43.9 Å². The molecule has 1 amide bonds. The van der Waals surface area contributed by atoms with Gasteiger partial charge in [-0.3, -0.25) is 4.79 Å². The van der Waals surface area contributed by atoms with Crippen LogP contribution in [0.15, 0.2) is 48.5 Å². The molecule has 5 heteroatoms. The van der Waals surface area contributed by atoms with Crippen molar-refractivity contribution in [1.82, 2.24) is 5.32 Å². The van der Waals surface area contributed by atoms with Gasteiger partial charge in [-0.2, -0.15) is 13.2 Å². The molecule has 132 valence electrons. The first kappa shape index (κ1) is 17.5. The fourth-order valence-electron chi connectivity index (χ4n) is 3.26. The summed E-state index contributed by atoms with van der Waals surface area (Å²) in [6, 6.07) is 12.4. The second-order valence-corrected chi connectivity index (χ2v) is 6.73. The molecule has 2 aromatic rings. The van der Waals surface area contributed by atoms with Crippen molar-refractivity contribution in [3.8, 4) is 0 Å². The monoisotopic (exact) mass is 347 g/mol. The van der Waals surface area contributed by atoms with Gasteiger partial charge in [0.1, 0.15) is 0 Å². The molecule has 0 unspecified atom stereocenters. The van der Waals surface area contributed by atoms with Crippen LogP contribution in [-0.2, 0) is 16.4 Å². The van der Waals surface area contributed by atoms with E-state index in [1.807, 2.05) is 31.2 Å². The van der Waals surface area contributed by atoms with E-state index >= 15 is 0 Å². The van der Waals surface area contributed by atoms with E-state index in [0.29, 0.717) is 0 Å². The summed E-state index contributed by atoms with van der Waals surface area (Å²) >= 11 is 0. The Morgan fingerprint density at radius 1 is 1.12 bits per heavy atom. The number of nitrogens with one attached hydrogen (secondary N) is 1. The topological polar surface area (TPSA) is 29.1 Å². The first-order chi connectivity index (χ1) is 11.7. The molecule has 1 aliphatic rings. The van der Waals surface area contributed by atoms with Crippen LogP contribution in [0.25, 0.3) is 0 Å². The van der Waals surface area contributed by atoms with E-state index in [1.165, 1.54) is 12.1 Å². The fraction of sp³-hybridized carbons (Fsp3) is 0.350. The lowest BCUT2D eigenvalue weighted by molar-refractivity contribution is -0.138. The highest BCUT2D eigenvalue weighted by Crippen LogP contribution is 2.49. The van der Waals surface area contributed by atoms with Crippen molar-refractivity contribution in [3.05, 3.63) is 70.8 Å². The summed E-state index contributed by atoms with van der Waals surface area (Å²) in [6.45, 7) is 3.55. The number of amides is 1. The number of hydrogen-bond donors (Lipinski definition) is 1. The zero-order chi connectivity index (χ0) is 18.2. The number of aryl methyl sites for hydroxylation is 1. The Kier molecular flexibility index (Phi) is 4.35. The molecule has 1 atom stereocenters. The summed E-state index contributed by atoms with van der Waals surface area (Å²) in [5, 5.41) is 2.79. The first-order valence-corrected chi connectivity index (χ1v) is 8.28. The summed E-state index contributed by atoms with van der Waals surface area (Å²) in [4.78, 5) is 12.8. The lowest BCUT2D eigenvalue weighted by atomic mass is 9.92. The van der Waals surface area contributed by atoms with E-state index in [0.717, 1.165) is 30.0 Å². The lowest BCUT2D eigenvalue weighted by Crippen LogP contribution is -2.37. The van der Waals surface area contributed by atoms with Crippen LogP contribution in [0.3, 0.4) is 0 Å². The van der Waals surface area contributed by atoms with Crippen LogP contribution >= 0.6 is 0 Å². The minimum Gasteiger partial charge on any atom is -0.349 e. The molecule has 1 aliphatic carbocycles. The van der Waals surface area contributed by atoms with Crippen molar-refractivity contribution in [2.45, 2.75) is 44.3 Å². The van der Waals surface area contributed by atoms with Crippen LogP contribution in [0.5, 0.6) is 0 Å². The molecule has 1 saturated carbocycles. The predicted molar refractivity (Wildman–Crippen MR) is 90.1 cm³/mol. The van der Waals surface area contributed by atoms with Crippen molar-refractivity contribution in [2.75, 3.05) is 0 Å². The zero-order valence-electron chi connectivity index (χ0n) is 14.2. The summed E-state index contributed by atoms with van der Waals surface area (Å²) in [7, 11) is 0. The van der Waals surface area contributed by atoms with Gasteiger partial charge in [0.05, 0.1) is 17.0 Å². The van der Waals surface area contributed by atoms with E-state index in [9.17, 15) is 18.0 Å². The summed E-state index contributed by atoms with van der Waals surface area (Å²) in [5.41, 5.74) is 0.771. The molecule has 2 aromatic carbocycles. The van der Waals surface area contributed by atoms with Gasteiger partial charge in [-0.25, -0.2) is 0 Å². The normalized spacial score (nSPS) is 17.0. The third-order valence-electron chi connectivity index (χ3n) is 4.84. The van der Waals surface area contributed by atoms with E-state index in [-0.39, 0.29) is 11.5 Å². The number of carbonyl (C=O) groups is 1. The number of carbonyl (C=O) groups excluding carboxylic acids is 1. The standard InChI is InChI=1S/C20H20F3NO/c1-13-6-5-7-15(12-13)19(10-11-19)18(25)24-14(2)16-8-3-4-9-17(16)20(21,22)23/h3-9,12,14H,10-11H2,1-2H3,(H,24,25)/t14-/m1/s1. The minimum absolute atomic E-state index is 0.0865. The quantitative estimate of drug-likeness (QED) is 0.835.